The summed E-state index contributed by atoms with van der Waals surface area (Å²) >= 11 is 2.37. The second-order valence-corrected chi connectivity index (χ2v) is 10.2. The quantitative estimate of drug-likeness (QED) is 0.537. The van der Waals surface area contributed by atoms with Gasteiger partial charge in [0.15, 0.2) is 14.2 Å². The summed E-state index contributed by atoms with van der Waals surface area (Å²) in [7, 11) is -3.57. The first kappa shape index (κ1) is 21.0. The van der Waals surface area contributed by atoms with Crippen LogP contribution in [0, 0.1) is 0 Å². The molecule has 0 unspecified atom stereocenters. The maximum Gasteiger partial charge on any atom is 0.257 e. The Kier molecular flexibility index (Phi) is 6.36. The number of anilines is 1. The minimum atomic E-state index is -3.57. The first-order valence-corrected chi connectivity index (χ1v) is 12.0. The number of nitrogens with two attached hydrogens (primary N) is 1. The number of hydrogen-bond donors (Lipinski definition) is 2. The van der Waals surface area contributed by atoms with Crippen LogP contribution in [0.2, 0.25) is 0 Å². The van der Waals surface area contributed by atoms with Gasteiger partial charge in [-0.3, -0.25) is 9.59 Å². The number of benzene rings is 2. The van der Waals surface area contributed by atoms with Crippen molar-refractivity contribution in [1.82, 2.24) is 4.98 Å². The van der Waals surface area contributed by atoms with Gasteiger partial charge in [-0.2, -0.15) is 0 Å². The lowest BCUT2D eigenvalue weighted by molar-refractivity contribution is -0.115. The largest absolute Gasteiger partial charge is 0.369 e. The Labute approximate surface area is 176 Å². The molecule has 0 aliphatic heterocycles. The molecule has 0 spiro atoms. The average molecular weight is 448 g/mol. The zero-order valence-corrected chi connectivity index (χ0v) is 17.7. The van der Waals surface area contributed by atoms with Crippen molar-refractivity contribution >= 4 is 49.8 Å². The molecular formula is C19H17N3O4S3. The lowest BCUT2D eigenvalue weighted by Gasteiger charge is -2.09. The Balaban J connectivity index is 1.98. The predicted molar refractivity (Wildman–Crippen MR) is 115 cm³/mol. The van der Waals surface area contributed by atoms with Crippen molar-refractivity contribution in [3.05, 3.63) is 60.2 Å². The molecule has 3 N–H and O–H groups in total. The molecule has 2 aromatic carbocycles. The molecule has 7 nitrogen and oxygen atoms in total. The smallest absolute Gasteiger partial charge is 0.257 e. The van der Waals surface area contributed by atoms with Gasteiger partial charge in [-0.05, 0) is 12.1 Å². The Bertz CT molecular complexity index is 1160. The fourth-order valence-electron chi connectivity index (χ4n) is 2.52. The molecule has 10 heteroatoms. The summed E-state index contributed by atoms with van der Waals surface area (Å²) in [6.45, 7) is 0. The first-order valence-electron chi connectivity index (χ1n) is 8.33. The maximum atomic E-state index is 12.9. The summed E-state index contributed by atoms with van der Waals surface area (Å²) in [6, 6.07) is 15.2. The second kappa shape index (κ2) is 8.76. The maximum absolute atomic E-state index is 12.9. The number of thiazole rings is 1. The van der Waals surface area contributed by atoms with Crippen LogP contribution >= 0.6 is 23.1 Å². The number of sulfone groups is 1. The van der Waals surface area contributed by atoms with Crippen LogP contribution in [0.15, 0.2) is 63.8 Å². The van der Waals surface area contributed by atoms with Crippen LogP contribution in [0.5, 0.6) is 0 Å². The highest BCUT2D eigenvalue weighted by Crippen LogP contribution is 2.38. The summed E-state index contributed by atoms with van der Waals surface area (Å²) in [6.07, 6.45) is 1.06. The number of nitrogens with one attached hydrogen (secondary N) is 1. The van der Waals surface area contributed by atoms with E-state index in [1.165, 1.54) is 35.2 Å². The molecule has 0 saturated carbocycles. The van der Waals surface area contributed by atoms with Gasteiger partial charge in [-0.25, -0.2) is 13.4 Å². The highest BCUT2D eigenvalue weighted by Gasteiger charge is 2.21. The predicted octanol–water partition coefficient (Wildman–Crippen LogP) is 3.04. The molecular weight excluding hydrogens is 430 g/mol. The zero-order valence-electron chi connectivity index (χ0n) is 15.3. The van der Waals surface area contributed by atoms with Crippen molar-refractivity contribution in [1.29, 1.82) is 0 Å². The van der Waals surface area contributed by atoms with Crippen LogP contribution in [0.1, 0.15) is 10.4 Å². The van der Waals surface area contributed by atoms with Crippen LogP contribution in [-0.4, -0.2) is 37.2 Å². The van der Waals surface area contributed by atoms with E-state index in [-0.39, 0.29) is 16.2 Å². The highest BCUT2D eigenvalue weighted by molar-refractivity contribution is 8.01. The Morgan fingerprint density at radius 1 is 1.10 bits per heavy atom. The van der Waals surface area contributed by atoms with Crippen molar-refractivity contribution in [2.75, 3.05) is 17.3 Å². The summed E-state index contributed by atoms with van der Waals surface area (Å²) in [4.78, 5) is 28.4. The molecule has 0 saturated heterocycles. The van der Waals surface area contributed by atoms with E-state index < -0.39 is 21.7 Å². The lowest BCUT2D eigenvalue weighted by atomic mass is 10.1. The minimum Gasteiger partial charge on any atom is -0.369 e. The first-order chi connectivity index (χ1) is 13.8. The molecule has 0 aliphatic carbocycles. The van der Waals surface area contributed by atoms with Crippen molar-refractivity contribution < 1.29 is 18.0 Å². The molecule has 0 atom stereocenters. The SMILES string of the molecule is CS(=O)(=O)c1ccccc1C(=O)Nc1sc(SCC(N)=O)nc1-c1ccccc1. The van der Waals surface area contributed by atoms with Gasteiger partial charge in [0.1, 0.15) is 10.7 Å². The highest BCUT2D eigenvalue weighted by atomic mass is 32.2. The van der Waals surface area contributed by atoms with Gasteiger partial charge in [0, 0.05) is 11.8 Å². The average Bonchev–Trinajstić information content (AvgIpc) is 3.09. The number of rotatable bonds is 7. The number of carbonyl (C=O) groups excluding carboxylic acids is 2. The summed E-state index contributed by atoms with van der Waals surface area (Å²) in [5.74, 6) is -0.969. The van der Waals surface area contributed by atoms with E-state index in [1.807, 2.05) is 30.3 Å². The Morgan fingerprint density at radius 2 is 1.76 bits per heavy atom. The van der Waals surface area contributed by atoms with Crippen molar-refractivity contribution in [2.45, 2.75) is 9.24 Å². The third-order valence-electron chi connectivity index (χ3n) is 3.75. The molecule has 2 amide bonds. The molecule has 3 aromatic rings. The zero-order chi connectivity index (χ0) is 21.0. The number of aromatic nitrogens is 1. The van der Waals surface area contributed by atoms with Gasteiger partial charge in [-0.15, -0.1) is 0 Å². The summed E-state index contributed by atoms with van der Waals surface area (Å²) < 4.78 is 24.6. The fourth-order valence-corrected chi connectivity index (χ4v) is 5.20. The normalized spacial score (nSPS) is 11.2. The Morgan fingerprint density at radius 3 is 2.41 bits per heavy atom. The van der Waals surface area contributed by atoms with Gasteiger partial charge in [0.2, 0.25) is 5.91 Å². The van der Waals surface area contributed by atoms with Crippen LogP contribution in [0.4, 0.5) is 5.00 Å². The number of carbonyl (C=O) groups is 2. The van der Waals surface area contributed by atoms with Crippen molar-refractivity contribution in [3.63, 3.8) is 0 Å². The van der Waals surface area contributed by atoms with E-state index in [9.17, 15) is 18.0 Å². The number of primary amides is 1. The summed E-state index contributed by atoms with van der Waals surface area (Å²) in [5.41, 5.74) is 6.56. The van der Waals surface area contributed by atoms with Crippen LogP contribution in [0.3, 0.4) is 0 Å². The van der Waals surface area contributed by atoms with Crippen LogP contribution in [0.25, 0.3) is 11.3 Å². The molecule has 0 bridgehead atoms. The molecule has 1 aromatic heterocycles. The standard InChI is InChI=1S/C19H17N3O4S3/c1-29(25,26)14-10-6-5-9-13(14)17(24)22-18-16(12-7-3-2-4-8-12)21-19(28-18)27-11-15(20)23/h2-10H,11H2,1H3,(H2,20,23)(H,22,24). The van der Waals surface area contributed by atoms with E-state index in [2.05, 4.69) is 10.3 Å². The fraction of sp³-hybridized carbons (Fsp3) is 0.105. The van der Waals surface area contributed by atoms with Crippen molar-refractivity contribution in [2.24, 2.45) is 5.73 Å². The summed E-state index contributed by atoms with van der Waals surface area (Å²) in [5, 5.41) is 3.22. The molecule has 150 valence electrons. The number of thioether (sulfide) groups is 1. The van der Waals surface area contributed by atoms with Gasteiger partial charge in [-0.1, -0.05) is 65.6 Å². The van der Waals surface area contributed by atoms with Gasteiger partial charge < -0.3 is 11.1 Å². The molecule has 0 fully saturated rings. The van der Waals surface area contributed by atoms with Crippen LogP contribution in [-0.2, 0) is 14.6 Å². The molecule has 0 radical (unpaired) electrons. The van der Waals surface area contributed by atoms with Gasteiger partial charge in [0.25, 0.3) is 5.91 Å². The monoisotopic (exact) mass is 447 g/mol. The lowest BCUT2D eigenvalue weighted by Crippen LogP contribution is -2.15. The number of hydrogen-bond acceptors (Lipinski definition) is 7. The van der Waals surface area contributed by atoms with E-state index in [4.69, 9.17) is 5.73 Å². The van der Waals surface area contributed by atoms with Gasteiger partial charge in [0.05, 0.1) is 16.2 Å². The molecule has 1 heterocycles. The van der Waals surface area contributed by atoms with E-state index in [0.29, 0.717) is 15.0 Å². The van der Waals surface area contributed by atoms with E-state index >= 15 is 0 Å². The number of nitrogens with zero attached hydrogens (tertiary/aromatic N) is 1. The Hall–Kier alpha value is -2.69. The molecule has 3 rings (SSSR count). The molecule has 0 aliphatic rings. The third-order valence-corrected chi connectivity index (χ3v) is 7.04. The minimum absolute atomic E-state index is 0.0494. The second-order valence-electron chi connectivity index (χ2n) is 6.00. The van der Waals surface area contributed by atoms with E-state index in [0.717, 1.165) is 11.8 Å². The van der Waals surface area contributed by atoms with Crippen molar-refractivity contribution in [3.8, 4) is 11.3 Å². The van der Waals surface area contributed by atoms with E-state index in [1.54, 1.807) is 12.1 Å². The topological polar surface area (TPSA) is 119 Å². The van der Waals surface area contributed by atoms with Gasteiger partial charge >= 0.3 is 0 Å². The third kappa shape index (κ3) is 5.22. The number of amides is 2. The van der Waals surface area contributed by atoms with Crippen LogP contribution < -0.4 is 11.1 Å². The molecule has 29 heavy (non-hydrogen) atoms.